The minimum Gasteiger partial charge on any atom is -0.431 e. The molecule has 1 saturated heterocycles. The highest BCUT2D eigenvalue weighted by Gasteiger charge is 2.30. The van der Waals surface area contributed by atoms with E-state index in [2.05, 4.69) is 4.98 Å². The van der Waals surface area contributed by atoms with E-state index < -0.39 is 5.25 Å². The molecule has 8 heteroatoms. The normalized spacial score (nSPS) is 18.5. The number of likely N-dealkylation sites (tertiary alicyclic amines) is 1. The lowest BCUT2D eigenvalue weighted by molar-refractivity contribution is -0.134. The van der Waals surface area contributed by atoms with Gasteiger partial charge in [-0.15, -0.1) is 0 Å². The second kappa shape index (κ2) is 7.90. The summed E-state index contributed by atoms with van der Waals surface area (Å²) in [6.45, 7) is 2.77. The number of nitrogens with two attached hydrogens (primary N) is 1. The number of primary amides is 1. The molecule has 2 heterocycles. The third-order valence-electron chi connectivity index (χ3n) is 4.37. The van der Waals surface area contributed by atoms with Gasteiger partial charge in [0.25, 0.3) is 5.22 Å². The number of halogens is 1. The first-order chi connectivity index (χ1) is 12.4. The fraction of sp³-hybridized carbons (Fsp3) is 0.389. The van der Waals surface area contributed by atoms with Gasteiger partial charge in [0.15, 0.2) is 5.76 Å². The lowest BCUT2D eigenvalue weighted by Gasteiger charge is -2.32. The molecule has 6 nitrogen and oxygen atoms in total. The molecule has 1 aliphatic rings. The van der Waals surface area contributed by atoms with Crippen molar-refractivity contribution < 1.29 is 18.4 Å². The first-order valence-electron chi connectivity index (χ1n) is 8.40. The molecule has 2 amide bonds. The number of hydrogen-bond donors (Lipinski definition) is 1. The zero-order valence-electron chi connectivity index (χ0n) is 14.4. The Kier molecular flexibility index (Phi) is 5.61. The maximum atomic E-state index is 13.0. The zero-order chi connectivity index (χ0) is 18.7. The van der Waals surface area contributed by atoms with Crippen LogP contribution in [0.4, 0.5) is 4.39 Å². The molecule has 1 aromatic heterocycles. The van der Waals surface area contributed by atoms with Gasteiger partial charge < -0.3 is 15.1 Å². The maximum absolute atomic E-state index is 13.0. The van der Waals surface area contributed by atoms with Crippen molar-refractivity contribution in [1.29, 1.82) is 0 Å². The van der Waals surface area contributed by atoms with Crippen LogP contribution in [0.25, 0.3) is 11.3 Å². The molecule has 0 bridgehead atoms. The molecule has 1 aliphatic heterocycles. The van der Waals surface area contributed by atoms with E-state index in [1.54, 1.807) is 30.2 Å². The summed E-state index contributed by atoms with van der Waals surface area (Å²) >= 11 is 1.21. The third kappa shape index (κ3) is 4.24. The molecule has 0 aliphatic carbocycles. The van der Waals surface area contributed by atoms with Crippen LogP contribution in [-0.2, 0) is 9.59 Å². The van der Waals surface area contributed by atoms with E-state index in [0.717, 1.165) is 12.8 Å². The number of hydrogen-bond acceptors (Lipinski definition) is 5. The van der Waals surface area contributed by atoms with Gasteiger partial charge in [0, 0.05) is 18.7 Å². The van der Waals surface area contributed by atoms with Crippen molar-refractivity contribution in [3.8, 4) is 11.3 Å². The fourth-order valence-electron chi connectivity index (χ4n) is 2.93. The van der Waals surface area contributed by atoms with Crippen molar-refractivity contribution in [3.63, 3.8) is 0 Å². The molecule has 2 aromatic rings. The summed E-state index contributed by atoms with van der Waals surface area (Å²) in [6.07, 6.45) is 3.04. The van der Waals surface area contributed by atoms with E-state index in [0.29, 0.717) is 29.6 Å². The SMILES string of the molecule is CC(Sc1ncc(-c2ccc(F)cc2)o1)C(=O)N1CCCC(C(N)=O)C1. The summed E-state index contributed by atoms with van der Waals surface area (Å²) in [6, 6.07) is 5.91. The van der Waals surface area contributed by atoms with Crippen molar-refractivity contribution in [1.82, 2.24) is 9.88 Å². The van der Waals surface area contributed by atoms with Gasteiger partial charge in [-0.05, 0) is 44.0 Å². The summed E-state index contributed by atoms with van der Waals surface area (Å²) in [7, 11) is 0. The van der Waals surface area contributed by atoms with Crippen LogP contribution >= 0.6 is 11.8 Å². The first kappa shape index (κ1) is 18.4. The lowest BCUT2D eigenvalue weighted by atomic mass is 9.97. The van der Waals surface area contributed by atoms with E-state index in [9.17, 15) is 14.0 Å². The molecule has 0 spiro atoms. The predicted molar refractivity (Wildman–Crippen MR) is 95.7 cm³/mol. The van der Waals surface area contributed by atoms with Crippen LogP contribution < -0.4 is 5.73 Å². The lowest BCUT2D eigenvalue weighted by Crippen LogP contribution is -2.46. The van der Waals surface area contributed by atoms with Crippen molar-refractivity contribution in [2.24, 2.45) is 11.7 Å². The second-order valence-electron chi connectivity index (χ2n) is 6.28. The summed E-state index contributed by atoms with van der Waals surface area (Å²) in [5, 5.41) is -0.0324. The maximum Gasteiger partial charge on any atom is 0.256 e. The molecule has 26 heavy (non-hydrogen) atoms. The average Bonchev–Trinajstić information content (AvgIpc) is 3.10. The monoisotopic (exact) mass is 377 g/mol. The highest BCUT2D eigenvalue weighted by Crippen LogP contribution is 2.29. The van der Waals surface area contributed by atoms with E-state index in [-0.39, 0.29) is 23.5 Å². The summed E-state index contributed by atoms with van der Waals surface area (Å²) in [4.78, 5) is 29.9. The number of piperidine rings is 1. The van der Waals surface area contributed by atoms with Gasteiger partial charge >= 0.3 is 0 Å². The number of rotatable bonds is 5. The molecule has 1 aromatic carbocycles. The molecule has 1 fully saturated rings. The number of benzene rings is 1. The third-order valence-corrected chi connectivity index (χ3v) is 5.32. The first-order valence-corrected chi connectivity index (χ1v) is 9.28. The molecule has 3 rings (SSSR count). The molecule has 0 saturated carbocycles. The van der Waals surface area contributed by atoms with E-state index in [1.165, 1.54) is 23.9 Å². The van der Waals surface area contributed by atoms with Crippen LogP contribution in [0.5, 0.6) is 0 Å². The Morgan fingerprint density at radius 2 is 2.12 bits per heavy atom. The quantitative estimate of drug-likeness (QED) is 0.809. The minimum absolute atomic E-state index is 0.0671. The molecular weight excluding hydrogens is 357 g/mol. The second-order valence-corrected chi connectivity index (χ2v) is 7.58. The molecule has 2 N–H and O–H groups in total. The number of carbonyl (C=O) groups excluding carboxylic acids is 2. The van der Waals surface area contributed by atoms with E-state index in [4.69, 9.17) is 10.2 Å². The van der Waals surface area contributed by atoms with Crippen LogP contribution in [-0.4, -0.2) is 40.0 Å². The van der Waals surface area contributed by atoms with Crippen molar-refractivity contribution >= 4 is 23.6 Å². The summed E-state index contributed by atoms with van der Waals surface area (Å²) < 4.78 is 18.7. The van der Waals surface area contributed by atoms with Crippen LogP contribution in [0.2, 0.25) is 0 Å². The molecule has 0 radical (unpaired) electrons. The zero-order valence-corrected chi connectivity index (χ0v) is 15.2. The Balaban J connectivity index is 1.62. The van der Waals surface area contributed by atoms with Crippen molar-refractivity contribution in [2.45, 2.75) is 30.2 Å². The van der Waals surface area contributed by atoms with Gasteiger partial charge in [-0.3, -0.25) is 9.59 Å². The van der Waals surface area contributed by atoms with Crippen LogP contribution in [0.1, 0.15) is 19.8 Å². The number of oxazole rings is 1. The van der Waals surface area contributed by atoms with Crippen LogP contribution in [0, 0.1) is 11.7 Å². The van der Waals surface area contributed by atoms with Crippen LogP contribution in [0.3, 0.4) is 0 Å². The van der Waals surface area contributed by atoms with Gasteiger partial charge in [-0.2, -0.15) is 0 Å². The summed E-state index contributed by atoms with van der Waals surface area (Å²) in [5.41, 5.74) is 6.08. The highest BCUT2D eigenvalue weighted by molar-refractivity contribution is 8.00. The highest BCUT2D eigenvalue weighted by atomic mass is 32.2. The predicted octanol–water partition coefficient (Wildman–Crippen LogP) is 2.69. The number of amides is 2. The summed E-state index contributed by atoms with van der Waals surface area (Å²) in [5.74, 6) is -0.518. The Morgan fingerprint density at radius 1 is 1.38 bits per heavy atom. The Labute approximate surface area is 154 Å². The van der Waals surface area contributed by atoms with E-state index in [1.807, 2.05) is 0 Å². The minimum atomic E-state index is -0.402. The van der Waals surface area contributed by atoms with Gasteiger partial charge in [-0.25, -0.2) is 9.37 Å². The molecule has 2 unspecified atom stereocenters. The number of aromatic nitrogens is 1. The van der Waals surface area contributed by atoms with Gasteiger partial charge in [0.2, 0.25) is 11.8 Å². The Bertz CT molecular complexity index is 793. The molecule has 138 valence electrons. The van der Waals surface area contributed by atoms with Crippen molar-refractivity contribution in [3.05, 3.63) is 36.3 Å². The molecular formula is C18H20FN3O3S. The topological polar surface area (TPSA) is 89.4 Å². The number of nitrogens with zero attached hydrogens (tertiary/aromatic N) is 2. The van der Waals surface area contributed by atoms with Crippen LogP contribution in [0.15, 0.2) is 40.1 Å². The molecule has 2 atom stereocenters. The Hall–Kier alpha value is -2.35. The standard InChI is InChI=1S/C18H20FN3O3S/c1-11(17(24)22-8-2-3-13(10-22)16(20)23)26-18-21-9-15(25-18)12-4-6-14(19)7-5-12/h4-7,9,11,13H,2-3,8,10H2,1H3,(H2,20,23). The van der Waals surface area contributed by atoms with E-state index >= 15 is 0 Å². The smallest absolute Gasteiger partial charge is 0.256 e. The van der Waals surface area contributed by atoms with Gasteiger partial charge in [0.05, 0.1) is 17.4 Å². The Morgan fingerprint density at radius 3 is 2.81 bits per heavy atom. The number of thioether (sulfide) groups is 1. The fourth-order valence-corrected chi connectivity index (χ4v) is 3.73. The van der Waals surface area contributed by atoms with Gasteiger partial charge in [-0.1, -0.05) is 11.8 Å². The average molecular weight is 377 g/mol. The van der Waals surface area contributed by atoms with Gasteiger partial charge in [0.1, 0.15) is 5.82 Å². The van der Waals surface area contributed by atoms with Crippen molar-refractivity contribution in [2.75, 3.05) is 13.1 Å². The number of carbonyl (C=O) groups is 2. The largest absolute Gasteiger partial charge is 0.431 e.